The molecule has 1 aliphatic rings. The number of nitrogens with one attached hydrogen (secondary N) is 4. The fraction of sp³-hybridized carbons (Fsp3) is 0.643. The highest BCUT2D eigenvalue weighted by atomic mass is 32.1. The Hall–Kier alpha value is -4.81. The molecular weight excluding hydrogens is 795 g/mol. The Morgan fingerprint density at radius 3 is 2.30 bits per heavy atom. The van der Waals surface area contributed by atoms with E-state index < -0.39 is 54.0 Å². The molecule has 1 aromatic heterocycles. The number of rotatable bonds is 21. The van der Waals surface area contributed by atoms with Crippen molar-refractivity contribution in [2.45, 2.75) is 124 Å². The van der Waals surface area contributed by atoms with E-state index in [4.69, 9.17) is 14.2 Å². The number of piperidine rings is 1. The maximum Gasteiger partial charge on any atom is 0.426 e. The van der Waals surface area contributed by atoms with Crippen LogP contribution in [0.5, 0.6) is 5.75 Å². The smallest absolute Gasteiger partial charge is 0.426 e. The van der Waals surface area contributed by atoms with Crippen molar-refractivity contribution in [1.82, 2.24) is 36.3 Å². The molecule has 0 saturated carbocycles. The number of carbonyl (C=O) groups is 6. The van der Waals surface area contributed by atoms with E-state index >= 15 is 0 Å². The number of hydrogen-bond donors (Lipinski definition) is 5. The average molecular weight is 860 g/mol. The number of phenolic OH excluding ortho intramolecular Hbond substituents is 1. The van der Waals surface area contributed by atoms with Gasteiger partial charge in [0.15, 0.2) is 6.10 Å². The Kier molecular flexibility index (Phi) is 20.2. The molecule has 2 aromatic rings. The van der Waals surface area contributed by atoms with Gasteiger partial charge < -0.3 is 34.9 Å². The second kappa shape index (κ2) is 24.4. The van der Waals surface area contributed by atoms with Crippen molar-refractivity contribution in [2.24, 2.45) is 17.8 Å². The summed E-state index contributed by atoms with van der Waals surface area (Å²) in [5, 5.41) is 17.8. The highest BCUT2D eigenvalue weighted by Gasteiger charge is 2.39. The summed E-state index contributed by atoms with van der Waals surface area (Å²) in [5.74, 6) is -3.04. The lowest BCUT2D eigenvalue weighted by Crippen LogP contribution is -2.59. The van der Waals surface area contributed by atoms with Gasteiger partial charge in [-0.3, -0.25) is 34.3 Å². The zero-order valence-electron chi connectivity index (χ0n) is 36.4. The molecule has 1 unspecified atom stereocenters. The van der Waals surface area contributed by atoms with Gasteiger partial charge >= 0.3 is 12.1 Å². The number of esters is 1. The standard InChI is InChI=1S/C42H65N7O10S/c1-10-26(5)36(45-39(54)33-14-12-13-19-48(33)8)41(55)49(24-57-9)34(25(3)4)22-35(59-28(7)50)40-44-32(23-60-40)38(53)43-30(21-29-15-17-31(51)18-16-29)20-27(6)37(52)46-47-42(56)58-11-2/h15-18,23,25-27,30,33-36,51H,10-14,19-22,24H2,1-9H3,(H,43,53)(H,45,54)(H,46,52)(H,47,56)/t26?,27-,30+,33+,34+,35+,36-/m0/s1. The van der Waals surface area contributed by atoms with E-state index in [0.717, 1.165) is 36.3 Å². The van der Waals surface area contributed by atoms with Gasteiger partial charge in [-0.2, -0.15) is 0 Å². The fourth-order valence-electron chi connectivity index (χ4n) is 7.20. The van der Waals surface area contributed by atoms with Crippen molar-refractivity contribution < 1.29 is 48.1 Å². The lowest BCUT2D eigenvalue weighted by atomic mass is 9.92. The number of methoxy groups -OCH3 is 1. The van der Waals surface area contributed by atoms with Crippen molar-refractivity contribution in [3.8, 4) is 5.75 Å². The molecule has 5 N–H and O–H groups in total. The third-order valence-corrected chi connectivity index (χ3v) is 11.7. The summed E-state index contributed by atoms with van der Waals surface area (Å²) in [6, 6.07) is 4.20. The van der Waals surface area contributed by atoms with Crippen LogP contribution in [-0.2, 0) is 39.8 Å². The largest absolute Gasteiger partial charge is 0.508 e. The maximum absolute atomic E-state index is 14.6. The zero-order valence-corrected chi connectivity index (χ0v) is 37.3. The number of hydrogen-bond acceptors (Lipinski definition) is 13. The van der Waals surface area contributed by atoms with E-state index in [1.54, 1.807) is 36.3 Å². The van der Waals surface area contributed by atoms with E-state index in [0.29, 0.717) is 24.3 Å². The number of carbonyl (C=O) groups excluding carboxylic acids is 6. The number of aromatic nitrogens is 1. The number of aromatic hydroxyl groups is 1. The first-order valence-corrected chi connectivity index (χ1v) is 21.6. The van der Waals surface area contributed by atoms with E-state index in [2.05, 4.69) is 26.5 Å². The SMILES string of the molecule is CCOC(=O)NNC(=O)[C@@H](C)C[C@H](Cc1ccc(O)cc1)NC(=O)c1csc([C@@H](C[C@H](C(C)C)N(COC)C(=O)[C@@H](NC(=O)[C@H]2CCCCN2C)C(C)CC)OC(C)=O)n1. The van der Waals surface area contributed by atoms with Gasteiger partial charge in [0, 0.05) is 43.8 Å². The number of nitrogens with zero attached hydrogens (tertiary/aromatic N) is 3. The van der Waals surface area contributed by atoms with Crippen LogP contribution < -0.4 is 21.5 Å². The highest BCUT2D eigenvalue weighted by Crippen LogP contribution is 2.32. The summed E-state index contributed by atoms with van der Waals surface area (Å²) in [5.41, 5.74) is 5.37. The van der Waals surface area contributed by atoms with Crippen LogP contribution in [0.15, 0.2) is 29.6 Å². The van der Waals surface area contributed by atoms with Crippen LogP contribution in [-0.4, -0.2) is 114 Å². The molecule has 1 aromatic carbocycles. The van der Waals surface area contributed by atoms with E-state index in [9.17, 15) is 33.9 Å². The predicted octanol–water partition coefficient (Wildman–Crippen LogP) is 4.46. The van der Waals surface area contributed by atoms with Gasteiger partial charge in [0.25, 0.3) is 5.91 Å². The molecule has 7 atom stereocenters. The van der Waals surface area contributed by atoms with Gasteiger partial charge in [-0.05, 0) is 75.7 Å². The Balaban J connectivity index is 1.87. The van der Waals surface area contributed by atoms with Gasteiger partial charge in [0.2, 0.25) is 17.7 Å². The molecule has 1 fully saturated rings. The quantitative estimate of drug-likeness (QED) is 0.0668. The fourth-order valence-corrected chi connectivity index (χ4v) is 8.04. The second-order valence-electron chi connectivity index (χ2n) is 15.8. The van der Waals surface area contributed by atoms with Crippen LogP contribution in [0, 0.1) is 17.8 Å². The van der Waals surface area contributed by atoms with Gasteiger partial charge in [0.1, 0.15) is 29.2 Å². The Bertz CT molecular complexity index is 1720. The summed E-state index contributed by atoms with van der Waals surface area (Å²) in [7, 11) is 3.41. The highest BCUT2D eigenvalue weighted by molar-refractivity contribution is 7.09. The number of thiazole rings is 1. The number of phenols is 1. The summed E-state index contributed by atoms with van der Waals surface area (Å²) in [6.07, 6.45) is 2.15. The molecule has 1 aliphatic heterocycles. The lowest BCUT2D eigenvalue weighted by Gasteiger charge is -2.39. The van der Waals surface area contributed by atoms with Crippen molar-refractivity contribution in [1.29, 1.82) is 0 Å². The minimum atomic E-state index is -0.940. The first-order valence-electron chi connectivity index (χ1n) is 20.7. The molecule has 17 nitrogen and oxygen atoms in total. The van der Waals surface area contributed by atoms with Gasteiger partial charge in [0.05, 0.1) is 12.6 Å². The summed E-state index contributed by atoms with van der Waals surface area (Å²) in [4.78, 5) is 87.3. The van der Waals surface area contributed by atoms with Gasteiger partial charge in [-0.15, -0.1) is 11.3 Å². The number of likely N-dealkylation sites (tertiary alicyclic amines) is 1. The summed E-state index contributed by atoms with van der Waals surface area (Å²) in [6.45, 7) is 13.2. The number of likely N-dealkylation sites (N-methyl/N-ethyl adjacent to an activating group) is 1. The number of ether oxygens (including phenoxy) is 3. The van der Waals surface area contributed by atoms with Crippen LogP contribution in [0.25, 0.3) is 0 Å². The Morgan fingerprint density at radius 1 is 1.00 bits per heavy atom. The number of benzene rings is 1. The molecule has 0 spiro atoms. The van der Waals surface area contributed by atoms with Crippen molar-refractivity contribution in [3.63, 3.8) is 0 Å². The molecule has 1 saturated heterocycles. The molecule has 2 heterocycles. The first-order chi connectivity index (χ1) is 28.5. The minimum Gasteiger partial charge on any atom is -0.508 e. The van der Waals surface area contributed by atoms with Crippen molar-refractivity contribution >= 4 is 47.0 Å². The third-order valence-electron chi connectivity index (χ3n) is 10.8. The normalized spacial score (nSPS) is 17.3. The summed E-state index contributed by atoms with van der Waals surface area (Å²) < 4.78 is 16.2. The van der Waals surface area contributed by atoms with E-state index in [1.807, 2.05) is 39.6 Å². The van der Waals surface area contributed by atoms with Crippen molar-refractivity contribution in [3.05, 3.63) is 45.9 Å². The molecular formula is C42H65N7O10S. The molecule has 3 rings (SSSR count). The van der Waals surface area contributed by atoms with E-state index in [-0.39, 0.29) is 67.3 Å². The third kappa shape index (κ3) is 15.0. The first kappa shape index (κ1) is 49.6. The van der Waals surface area contributed by atoms with Crippen molar-refractivity contribution in [2.75, 3.05) is 34.0 Å². The molecule has 18 heteroatoms. The maximum atomic E-state index is 14.6. The summed E-state index contributed by atoms with van der Waals surface area (Å²) >= 11 is 1.13. The molecule has 5 amide bonds. The predicted molar refractivity (Wildman–Crippen MR) is 225 cm³/mol. The Morgan fingerprint density at radius 2 is 1.70 bits per heavy atom. The van der Waals surface area contributed by atoms with Crippen LogP contribution in [0.2, 0.25) is 0 Å². The van der Waals surface area contributed by atoms with Crippen LogP contribution in [0.1, 0.15) is 114 Å². The van der Waals surface area contributed by atoms with Gasteiger partial charge in [-0.25, -0.2) is 15.2 Å². The molecule has 334 valence electrons. The molecule has 0 bridgehead atoms. The van der Waals surface area contributed by atoms with Crippen LogP contribution >= 0.6 is 11.3 Å². The molecule has 0 aliphatic carbocycles. The average Bonchev–Trinajstić information content (AvgIpc) is 3.71. The zero-order chi connectivity index (χ0) is 44.5. The minimum absolute atomic E-state index is 0.0575. The van der Waals surface area contributed by atoms with Gasteiger partial charge in [-0.1, -0.05) is 59.6 Å². The Labute approximate surface area is 357 Å². The van der Waals surface area contributed by atoms with Crippen LogP contribution in [0.3, 0.4) is 0 Å². The monoisotopic (exact) mass is 859 g/mol. The molecule has 0 radical (unpaired) electrons. The van der Waals surface area contributed by atoms with E-state index in [1.165, 1.54) is 26.2 Å². The van der Waals surface area contributed by atoms with Crippen LogP contribution in [0.4, 0.5) is 4.79 Å². The number of amides is 5. The number of hydrazine groups is 1. The molecule has 60 heavy (non-hydrogen) atoms. The second-order valence-corrected chi connectivity index (χ2v) is 16.7. The lowest BCUT2D eigenvalue weighted by molar-refractivity contribution is -0.152. The topological polar surface area (TPSA) is 218 Å².